The van der Waals surface area contributed by atoms with Crippen molar-refractivity contribution in [1.82, 2.24) is 10.3 Å². The summed E-state index contributed by atoms with van der Waals surface area (Å²) in [5.74, 6) is 5.41. The van der Waals surface area contributed by atoms with Crippen molar-refractivity contribution in [3.05, 3.63) is 0 Å². The van der Waals surface area contributed by atoms with Crippen LogP contribution in [0.3, 0.4) is 0 Å². The van der Waals surface area contributed by atoms with Crippen LogP contribution in [-0.4, -0.2) is 30.1 Å². The molecule has 0 unspecified atom stereocenters. The van der Waals surface area contributed by atoms with E-state index in [-0.39, 0.29) is 0 Å². The summed E-state index contributed by atoms with van der Waals surface area (Å²) in [4.78, 5) is 2.62. The molecule has 0 amide bonds. The van der Waals surface area contributed by atoms with Gasteiger partial charge < -0.3 is 4.90 Å². The molecule has 1 saturated heterocycles. The Morgan fingerprint density at radius 3 is 2.17 bits per heavy atom. The Morgan fingerprint density at radius 2 is 1.75 bits per heavy atom. The summed E-state index contributed by atoms with van der Waals surface area (Å²) < 4.78 is 0. The minimum Gasteiger partial charge on any atom is -0.300 e. The van der Waals surface area contributed by atoms with Crippen LogP contribution in [0.25, 0.3) is 0 Å². The van der Waals surface area contributed by atoms with Crippen molar-refractivity contribution >= 4 is 0 Å². The average molecular weight is 169 g/mol. The zero-order valence-corrected chi connectivity index (χ0v) is 7.63. The van der Waals surface area contributed by atoms with Gasteiger partial charge in [0.2, 0.25) is 0 Å². The van der Waals surface area contributed by atoms with Crippen molar-refractivity contribution in [2.75, 3.05) is 13.1 Å². The van der Waals surface area contributed by atoms with Gasteiger partial charge in [-0.05, 0) is 45.2 Å². The maximum absolute atomic E-state index is 5.41. The molecule has 0 radical (unpaired) electrons. The van der Waals surface area contributed by atoms with Gasteiger partial charge in [-0.25, -0.2) is 0 Å². The Kier molecular flexibility index (Phi) is 2.63. The van der Waals surface area contributed by atoms with Gasteiger partial charge in [0, 0.05) is 12.1 Å². The Balaban J connectivity index is 1.74. The molecule has 12 heavy (non-hydrogen) atoms. The van der Waals surface area contributed by atoms with Gasteiger partial charge in [-0.2, -0.15) is 0 Å². The standard InChI is InChI=1S/C9H19N3/c10-11-8-2-4-9(5-3-8)12-6-1-7-12/h8-9,11H,1-7,10H2. The fraction of sp³-hybridized carbons (Fsp3) is 1.00. The molecule has 0 bridgehead atoms. The highest BCUT2D eigenvalue weighted by molar-refractivity contribution is 4.84. The molecule has 0 aromatic carbocycles. The minimum atomic E-state index is 0.586. The summed E-state index contributed by atoms with van der Waals surface area (Å²) in [6.45, 7) is 2.68. The van der Waals surface area contributed by atoms with Crippen LogP contribution in [0.1, 0.15) is 32.1 Å². The highest BCUT2D eigenvalue weighted by atomic mass is 15.2. The fourth-order valence-corrected chi connectivity index (χ4v) is 2.31. The van der Waals surface area contributed by atoms with E-state index in [1.807, 2.05) is 0 Å². The molecule has 3 N–H and O–H groups in total. The van der Waals surface area contributed by atoms with E-state index >= 15 is 0 Å². The van der Waals surface area contributed by atoms with E-state index in [1.165, 1.54) is 45.2 Å². The molecule has 2 fully saturated rings. The Labute approximate surface area is 74.3 Å². The summed E-state index contributed by atoms with van der Waals surface area (Å²) >= 11 is 0. The zero-order valence-electron chi connectivity index (χ0n) is 7.63. The van der Waals surface area contributed by atoms with Crippen LogP contribution in [0.15, 0.2) is 0 Å². The molecule has 1 aliphatic heterocycles. The molecule has 3 nitrogen and oxygen atoms in total. The highest BCUT2D eigenvalue weighted by Gasteiger charge is 2.27. The normalized spacial score (nSPS) is 37.8. The summed E-state index contributed by atoms with van der Waals surface area (Å²) in [5, 5.41) is 0. The lowest BCUT2D eigenvalue weighted by atomic mass is 9.89. The number of nitrogens with two attached hydrogens (primary N) is 1. The minimum absolute atomic E-state index is 0.586. The monoisotopic (exact) mass is 169 g/mol. The summed E-state index contributed by atoms with van der Waals surface area (Å²) in [6, 6.07) is 1.46. The molecule has 1 saturated carbocycles. The number of hydrogen-bond acceptors (Lipinski definition) is 3. The predicted molar refractivity (Wildman–Crippen MR) is 49.6 cm³/mol. The molecule has 1 aliphatic carbocycles. The summed E-state index contributed by atoms with van der Waals surface area (Å²) in [6.07, 6.45) is 6.62. The van der Waals surface area contributed by atoms with Gasteiger partial charge in [0.1, 0.15) is 0 Å². The quantitative estimate of drug-likeness (QED) is 0.466. The molecule has 0 aromatic heterocycles. The second-order valence-electron chi connectivity index (χ2n) is 4.06. The van der Waals surface area contributed by atoms with E-state index in [0.717, 1.165) is 6.04 Å². The van der Waals surface area contributed by atoms with E-state index < -0.39 is 0 Å². The maximum atomic E-state index is 5.41. The molecule has 70 valence electrons. The fourth-order valence-electron chi connectivity index (χ4n) is 2.31. The second-order valence-corrected chi connectivity index (χ2v) is 4.06. The van der Waals surface area contributed by atoms with E-state index in [9.17, 15) is 0 Å². The van der Waals surface area contributed by atoms with Crippen LogP contribution in [0.4, 0.5) is 0 Å². The lowest BCUT2D eigenvalue weighted by molar-refractivity contribution is 0.0840. The first-order valence-electron chi connectivity index (χ1n) is 5.10. The lowest BCUT2D eigenvalue weighted by Crippen LogP contribution is -2.49. The van der Waals surface area contributed by atoms with Gasteiger partial charge >= 0.3 is 0 Å². The molecular formula is C9H19N3. The van der Waals surface area contributed by atoms with Crippen molar-refractivity contribution in [3.8, 4) is 0 Å². The number of hydrogen-bond donors (Lipinski definition) is 2. The first kappa shape index (κ1) is 8.48. The maximum Gasteiger partial charge on any atom is 0.0211 e. The van der Waals surface area contributed by atoms with Crippen LogP contribution in [0.2, 0.25) is 0 Å². The average Bonchev–Trinajstić information content (AvgIpc) is 2.03. The van der Waals surface area contributed by atoms with Crippen LogP contribution in [-0.2, 0) is 0 Å². The first-order valence-corrected chi connectivity index (χ1v) is 5.10. The number of rotatable bonds is 2. The Bertz CT molecular complexity index is 137. The zero-order chi connectivity index (χ0) is 8.39. The van der Waals surface area contributed by atoms with Crippen LogP contribution in [0, 0.1) is 0 Å². The van der Waals surface area contributed by atoms with E-state index in [1.54, 1.807) is 0 Å². The molecule has 2 aliphatic rings. The van der Waals surface area contributed by atoms with Gasteiger partial charge in [0.05, 0.1) is 0 Å². The van der Waals surface area contributed by atoms with Crippen LogP contribution in [0.5, 0.6) is 0 Å². The van der Waals surface area contributed by atoms with E-state index in [2.05, 4.69) is 10.3 Å². The van der Waals surface area contributed by atoms with Gasteiger partial charge in [-0.1, -0.05) is 0 Å². The van der Waals surface area contributed by atoms with Crippen molar-refractivity contribution in [2.45, 2.75) is 44.2 Å². The predicted octanol–water partition coefficient (Wildman–Crippen LogP) is 0.467. The van der Waals surface area contributed by atoms with Gasteiger partial charge in [-0.15, -0.1) is 0 Å². The van der Waals surface area contributed by atoms with Crippen molar-refractivity contribution in [1.29, 1.82) is 0 Å². The molecule has 0 spiro atoms. The van der Waals surface area contributed by atoms with Crippen LogP contribution < -0.4 is 11.3 Å². The highest BCUT2D eigenvalue weighted by Crippen LogP contribution is 2.25. The lowest BCUT2D eigenvalue weighted by Gasteiger charge is -2.41. The first-order chi connectivity index (χ1) is 5.90. The molecule has 0 atom stereocenters. The largest absolute Gasteiger partial charge is 0.300 e. The molecule has 0 aromatic rings. The molecule has 2 rings (SSSR count). The summed E-state index contributed by atoms with van der Waals surface area (Å²) in [7, 11) is 0. The Hall–Kier alpha value is -0.120. The third kappa shape index (κ3) is 1.63. The van der Waals surface area contributed by atoms with Gasteiger partial charge in [-0.3, -0.25) is 11.3 Å². The van der Waals surface area contributed by atoms with Crippen molar-refractivity contribution < 1.29 is 0 Å². The Morgan fingerprint density at radius 1 is 1.08 bits per heavy atom. The molecule has 3 heteroatoms. The van der Waals surface area contributed by atoms with Crippen molar-refractivity contribution in [2.24, 2.45) is 5.84 Å². The third-order valence-corrected chi connectivity index (χ3v) is 3.34. The van der Waals surface area contributed by atoms with Crippen LogP contribution >= 0.6 is 0 Å². The molecular weight excluding hydrogens is 150 g/mol. The third-order valence-electron chi connectivity index (χ3n) is 3.34. The number of hydrazine groups is 1. The summed E-state index contributed by atoms with van der Waals surface area (Å²) in [5.41, 5.74) is 2.88. The number of nitrogens with zero attached hydrogens (tertiary/aromatic N) is 1. The second kappa shape index (κ2) is 3.73. The van der Waals surface area contributed by atoms with Crippen molar-refractivity contribution in [3.63, 3.8) is 0 Å². The smallest absolute Gasteiger partial charge is 0.0211 e. The van der Waals surface area contributed by atoms with E-state index in [4.69, 9.17) is 5.84 Å². The number of likely N-dealkylation sites (tertiary alicyclic amines) is 1. The number of nitrogens with one attached hydrogen (secondary N) is 1. The van der Waals surface area contributed by atoms with Gasteiger partial charge in [0.15, 0.2) is 0 Å². The molecule has 1 heterocycles. The topological polar surface area (TPSA) is 41.3 Å². The van der Waals surface area contributed by atoms with Gasteiger partial charge in [0.25, 0.3) is 0 Å². The van der Waals surface area contributed by atoms with E-state index in [0.29, 0.717) is 6.04 Å². The SMILES string of the molecule is NNC1CCC(N2CCC2)CC1.